The van der Waals surface area contributed by atoms with E-state index in [1.165, 1.54) is 29.0 Å². The van der Waals surface area contributed by atoms with Crippen molar-refractivity contribution in [3.05, 3.63) is 52.1 Å². The van der Waals surface area contributed by atoms with E-state index in [1.807, 2.05) is 6.92 Å². The van der Waals surface area contributed by atoms with Crippen LogP contribution in [0.5, 0.6) is 0 Å². The summed E-state index contributed by atoms with van der Waals surface area (Å²) in [7, 11) is 0. The number of carboxylic acid groups (broad SMARTS) is 1. The molecule has 98 valence electrons. The molecule has 1 aromatic carbocycles. The fraction of sp³-hybridized carbons (Fsp3) is 0.167. The lowest BCUT2D eigenvalue weighted by Gasteiger charge is -2.08. The lowest BCUT2D eigenvalue weighted by Crippen LogP contribution is -2.08. The van der Waals surface area contributed by atoms with E-state index in [4.69, 9.17) is 5.11 Å². The number of nitrogens with zero attached hydrogens (tertiary/aromatic N) is 3. The largest absolute Gasteiger partial charge is 0.477 e. The number of imidazole rings is 1. The number of rotatable bonds is 4. The first kappa shape index (κ1) is 12.7. The molecule has 7 nitrogen and oxygen atoms in total. The molecular formula is C12H11N3O4. The molecule has 0 atom stereocenters. The molecule has 0 bridgehead atoms. The summed E-state index contributed by atoms with van der Waals surface area (Å²) >= 11 is 0. The number of benzene rings is 1. The number of aromatic nitrogens is 2. The molecule has 1 N–H and O–H groups in total. The zero-order chi connectivity index (χ0) is 14.0. The number of carbonyl (C=O) groups is 1. The lowest BCUT2D eigenvalue weighted by atomic mass is 10.1. The van der Waals surface area contributed by atoms with Gasteiger partial charge in [0.2, 0.25) is 0 Å². The molecule has 0 saturated carbocycles. The quantitative estimate of drug-likeness (QED) is 0.670. The minimum atomic E-state index is -1.33. The van der Waals surface area contributed by atoms with Crippen LogP contribution in [0.3, 0.4) is 0 Å². The van der Waals surface area contributed by atoms with Gasteiger partial charge in [-0.25, -0.2) is 9.78 Å². The fourth-order valence-corrected chi connectivity index (χ4v) is 1.91. The van der Waals surface area contributed by atoms with Gasteiger partial charge < -0.3 is 5.11 Å². The number of hydrogen-bond donors (Lipinski definition) is 1. The van der Waals surface area contributed by atoms with Crippen LogP contribution in [0.2, 0.25) is 0 Å². The van der Waals surface area contributed by atoms with Crippen LogP contribution in [-0.4, -0.2) is 25.6 Å². The third-order valence-electron chi connectivity index (χ3n) is 2.72. The molecule has 2 aromatic rings. The minimum Gasteiger partial charge on any atom is -0.477 e. The average molecular weight is 261 g/mol. The number of aromatic carboxylic acids is 1. The Morgan fingerprint density at radius 1 is 1.53 bits per heavy atom. The van der Waals surface area contributed by atoms with Gasteiger partial charge in [-0.05, 0) is 12.1 Å². The van der Waals surface area contributed by atoms with Crippen LogP contribution in [-0.2, 0) is 6.42 Å². The SMILES string of the molecule is CCc1nccn1-c1cccc(C(=O)O)c1[N+](=O)[O-]. The van der Waals surface area contributed by atoms with Crippen LogP contribution in [0, 0.1) is 10.1 Å². The van der Waals surface area contributed by atoms with Crippen molar-refractivity contribution in [1.29, 1.82) is 0 Å². The van der Waals surface area contributed by atoms with Gasteiger partial charge in [0.25, 0.3) is 0 Å². The fourth-order valence-electron chi connectivity index (χ4n) is 1.91. The lowest BCUT2D eigenvalue weighted by molar-refractivity contribution is -0.384. The number of nitro benzene ring substituents is 1. The maximum atomic E-state index is 11.2. The Morgan fingerprint density at radius 2 is 2.26 bits per heavy atom. The summed E-state index contributed by atoms with van der Waals surface area (Å²) in [5, 5.41) is 20.2. The van der Waals surface area contributed by atoms with Crippen LogP contribution in [0.25, 0.3) is 5.69 Å². The normalized spacial score (nSPS) is 10.4. The van der Waals surface area contributed by atoms with Crippen LogP contribution in [0.4, 0.5) is 5.69 Å². The zero-order valence-electron chi connectivity index (χ0n) is 10.1. The van der Waals surface area contributed by atoms with E-state index < -0.39 is 16.6 Å². The van der Waals surface area contributed by atoms with Crippen LogP contribution in [0.15, 0.2) is 30.6 Å². The molecule has 0 saturated heterocycles. The van der Waals surface area contributed by atoms with Crippen LogP contribution < -0.4 is 0 Å². The van der Waals surface area contributed by atoms with Crippen molar-refractivity contribution in [2.45, 2.75) is 13.3 Å². The average Bonchev–Trinajstić information content (AvgIpc) is 2.85. The van der Waals surface area contributed by atoms with E-state index in [9.17, 15) is 14.9 Å². The highest BCUT2D eigenvalue weighted by molar-refractivity contribution is 5.94. The molecule has 0 aliphatic rings. The van der Waals surface area contributed by atoms with Crippen LogP contribution >= 0.6 is 0 Å². The molecular weight excluding hydrogens is 250 g/mol. The Labute approximate surface area is 108 Å². The van der Waals surface area contributed by atoms with Gasteiger partial charge in [-0.2, -0.15) is 0 Å². The summed E-state index contributed by atoms with van der Waals surface area (Å²) in [6.07, 6.45) is 3.68. The molecule has 2 rings (SSSR count). The molecule has 0 amide bonds. The third-order valence-corrected chi connectivity index (χ3v) is 2.72. The van der Waals surface area contributed by atoms with Crippen molar-refractivity contribution < 1.29 is 14.8 Å². The summed E-state index contributed by atoms with van der Waals surface area (Å²) in [6, 6.07) is 4.20. The number of para-hydroxylation sites is 1. The molecule has 0 spiro atoms. The van der Waals surface area contributed by atoms with Gasteiger partial charge in [0.1, 0.15) is 17.1 Å². The summed E-state index contributed by atoms with van der Waals surface area (Å²) in [5.74, 6) is -0.697. The van der Waals surface area contributed by atoms with E-state index in [0.717, 1.165) is 0 Å². The van der Waals surface area contributed by atoms with E-state index in [1.54, 1.807) is 6.20 Å². The first-order chi connectivity index (χ1) is 9.06. The van der Waals surface area contributed by atoms with Crippen LogP contribution in [0.1, 0.15) is 23.1 Å². The molecule has 0 aliphatic carbocycles. The Kier molecular flexibility index (Phi) is 3.28. The van der Waals surface area contributed by atoms with Gasteiger partial charge in [0, 0.05) is 18.8 Å². The van der Waals surface area contributed by atoms with Crippen molar-refractivity contribution in [2.24, 2.45) is 0 Å². The predicted molar refractivity (Wildman–Crippen MR) is 66.6 cm³/mol. The Balaban J connectivity index is 2.74. The smallest absolute Gasteiger partial charge is 0.342 e. The first-order valence-corrected chi connectivity index (χ1v) is 5.59. The molecule has 7 heteroatoms. The topological polar surface area (TPSA) is 98.3 Å². The Morgan fingerprint density at radius 3 is 2.84 bits per heavy atom. The van der Waals surface area contributed by atoms with E-state index in [-0.39, 0.29) is 11.3 Å². The van der Waals surface area contributed by atoms with Crippen molar-refractivity contribution in [3.8, 4) is 5.69 Å². The first-order valence-electron chi connectivity index (χ1n) is 5.59. The minimum absolute atomic E-state index is 0.208. The summed E-state index contributed by atoms with van der Waals surface area (Å²) in [6.45, 7) is 1.87. The van der Waals surface area contributed by atoms with Crippen molar-refractivity contribution in [3.63, 3.8) is 0 Å². The van der Waals surface area contributed by atoms with E-state index >= 15 is 0 Å². The molecule has 0 fully saturated rings. The second-order valence-corrected chi connectivity index (χ2v) is 3.80. The number of hydrogen-bond acceptors (Lipinski definition) is 4. The van der Waals surface area contributed by atoms with Gasteiger partial charge in [0.05, 0.1) is 4.92 Å². The second kappa shape index (κ2) is 4.89. The molecule has 1 heterocycles. The van der Waals surface area contributed by atoms with Crippen molar-refractivity contribution in [2.75, 3.05) is 0 Å². The van der Waals surface area contributed by atoms with Crippen molar-refractivity contribution in [1.82, 2.24) is 9.55 Å². The molecule has 0 radical (unpaired) electrons. The summed E-state index contributed by atoms with van der Waals surface area (Å²) < 4.78 is 1.53. The highest BCUT2D eigenvalue weighted by atomic mass is 16.6. The van der Waals surface area contributed by atoms with Gasteiger partial charge in [0.15, 0.2) is 0 Å². The molecule has 0 unspecified atom stereocenters. The zero-order valence-corrected chi connectivity index (χ0v) is 10.1. The van der Waals surface area contributed by atoms with E-state index in [2.05, 4.69) is 4.98 Å². The second-order valence-electron chi connectivity index (χ2n) is 3.80. The van der Waals surface area contributed by atoms with Gasteiger partial charge in [-0.15, -0.1) is 0 Å². The van der Waals surface area contributed by atoms with Crippen molar-refractivity contribution >= 4 is 11.7 Å². The summed E-state index contributed by atoms with van der Waals surface area (Å²) in [4.78, 5) is 25.6. The number of carboxylic acids is 1. The maximum absolute atomic E-state index is 11.2. The molecule has 19 heavy (non-hydrogen) atoms. The van der Waals surface area contributed by atoms with E-state index in [0.29, 0.717) is 12.2 Å². The molecule has 1 aromatic heterocycles. The van der Waals surface area contributed by atoms with Gasteiger partial charge >= 0.3 is 11.7 Å². The standard InChI is InChI=1S/C12H11N3O4/c1-2-10-13-6-7-14(10)9-5-3-4-8(12(16)17)11(9)15(18)19/h3-7H,2H2,1H3,(H,16,17). The van der Waals surface area contributed by atoms with Gasteiger partial charge in [-0.3, -0.25) is 14.7 Å². The summed E-state index contributed by atoms with van der Waals surface area (Å²) in [5.41, 5.74) is -0.555. The highest BCUT2D eigenvalue weighted by Crippen LogP contribution is 2.28. The highest BCUT2D eigenvalue weighted by Gasteiger charge is 2.25. The monoisotopic (exact) mass is 261 g/mol. The predicted octanol–water partition coefficient (Wildman–Crippen LogP) is 2.04. The third kappa shape index (κ3) is 2.17. The van der Waals surface area contributed by atoms with Gasteiger partial charge in [-0.1, -0.05) is 13.0 Å². The maximum Gasteiger partial charge on any atom is 0.342 e. The Bertz CT molecular complexity index is 648. The Hall–Kier alpha value is -2.70. The number of aryl methyl sites for hydroxylation is 1. The number of nitro groups is 1. The molecule has 0 aliphatic heterocycles.